The molecule has 0 unspecified atom stereocenters. The van der Waals surface area contributed by atoms with Crippen molar-refractivity contribution in [2.24, 2.45) is 5.11 Å². The number of fused-ring (bicyclic) bond motifs is 1. The lowest BCUT2D eigenvalue weighted by atomic mass is 10.1. The minimum Gasteiger partial charge on any atom is -0.495 e. The van der Waals surface area contributed by atoms with Crippen LogP contribution in [0.4, 0.5) is 5.69 Å². The molecule has 166 valence electrons. The van der Waals surface area contributed by atoms with Gasteiger partial charge in [-0.3, -0.25) is 0 Å². The molecular weight excluding hydrogens is 528 g/mol. The molecule has 0 bridgehead atoms. The van der Waals surface area contributed by atoms with E-state index in [9.17, 15) is 8.42 Å². The summed E-state index contributed by atoms with van der Waals surface area (Å²) in [7, 11) is -2.47. The average molecular weight is 544 g/mol. The van der Waals surface area contributed by atoms with Gasteiger partial charge in [0.05, 0.1) is 28.2 Å². The van der Waals surface area contributed by atoms with Crippen molar-refractivity contribution in [3.05, 3.63) is 97.9 Å². The Kier molecular flexibility index (Phi) is 6.49. The summed E-state index contributed by atoms with van der Waals surface area (Å²) in [6.45, 7) is 0. The number of ether oxygens (including phenoxy) is 1. The van der Waals surface area contributed by atoms with Crippen molar-refractivity contribution < 1.29 is 13.2 Å². The highest BCUT2D eigenvalue weighted by molar-refractivity contribution is 9.10. The minimum absolute atomic E-state index is 0.143. The van der Waals surface area contributed by atoms with E-state index in [0.29, 0.717) is 38.6 Å². The topological polar surface area (TPSA) is 97.1 Å². The second-order valence-corrected chi connectivity index (χ2v) is 10.0. The van der Waals surface area contributed by atoms with E-state index in [-0.39, 0.29) is 4.90 Å². The number of azide groups is 1. The standard InChI is InChI=1S/C23H16BrClN4O3S/c1-32-23-14-22-16(12-20(23)25)11-18(29(22)33(30,31)19-5-3-2-4-6-19)10-8-15-7-9-17(24)13-21(15)27-28-26/h2-14H,1H3. The van der Waals surface area contributed by atoms with Crippen LogP contribution in [0, 0.1) is 0 Å². The van der Waals surface area contributed by atoms with Gasteiger partial charge < -0.3 is 4.74 Å². The van der Waals surface area contributed by atoms with Crippen LogP contribution in [0.5, 0.6) is 5.75 Å². The molecule has 0 aliphatic carbocycles. The Morgan fingerprint density at radius 1 is 1.09 bits per heavy atom. The number of rotatable bonds is 6. The Morgan fingerprint density at radius 2 is 1.85 bits per heavy atom. The Labute approximate surface area is 203 Å². The molecule has 0 radical (unpaired) electrons. The molecule has 4 rings (SSSR count). The number of benzene rings is 3. The van der Waals surface area contributed by atoms with E-state index in [1.165, 1.54) is 23.2 Å². The molecule has 0 aliphatic rings. The predicted molar refractivity (Wildman–Crippen MR) is 134 cm³/mol. The van der Waals surface area contributed by atoms with Crippen molar-refractivity contribution in [2.75, 3.05) is 7.11 Å². The molecular formula is C23H16BrClN4O3S. The number of halogens is 2. The van der Waals surface area contributed by atoms with E-state index < -0.39 is 10.0 Å². The van der Waals surface area contributed by atoms with E-state index in [2.05, 4.69) is 26.0 Å². The highest BCUT2D eigenvalue weighted by Crippen LogP contribution is 2.35. The number of methoxy groups -OCH3 is 1. The second-order valence-electron chi connectivity index (χ2n) is 6.92. The van der Waals surface area contributed by atoms with E-state index in [4.69, 9.17) is 21.9 Å². The molecule has 4 aromatic rings. The summed E-state index contributed by atoms with van der Waals surface area (Å²) in [5, 5.41) is 4.72. The zero-order valence-corrected chi connectivity index (χ0v) is 20.3. The summed E-state index contributed by atoms with van der Waals surface area (Å²) >= 11 is 9.64. The summed E-state index contributed by atoms with van der Waals surface area (Å²) < 4.78 is 34.6. The fraction of sp³-hybridized carbons (Fsp3) is 0.0435. The SMILES string of the molecule is COc1cc2c(cc1Cl)cc(C=Cc1ccc(Br)cc1N=[N+]=[N-])n2S(=O)(=O)c1ccccc1. The van der Waals surface area contributed by atoms with Gasteiger partial charge in [-0.05, 0) is 53.6 Å². The van der Waals surface area contributed by atoms with Gasteiger partial charge in [-0.15, -0.1) is 0 Å². The molecule has 0 amide bonds. The summed E-state index contributed by atoms with van der Waals surface area (Å²) in [5.41, 5.74) is 10.7. The summed E-state index contributed by atoms with van der Waals surface area (Å²) in [6, 6.07) is 18.4. The van der Waals surface area contributed by atoms with Crippen LogP contribution in [0.1, 0.15) is 11.3 Å². The van der Waals surface area contributed by atoms with Gasteiger partial charge in [0, 0.05) is 26.5 Å². The number of hydrogen-bond acceptors (Lipinski definition) is 4. The van der Waals surface area contributed by atoms with Crippen LogP contribution in [-0.4, -0.2) is 19.5 Å². The molecule has 0 saturated heterocycles. The predicted octanol–water partition coefficient (Wildman–Crippen LogP) is 7.42. The van der Waals surface area contributed by atoms with Crippen LogP contribution >= 0.6 is 27.5 Å². The third-order valence-corrected chi connectivity index (χ3v) is 7.46. The lowest BCUT2D eigenvalue weighted by molar-refractivity contribution is 0.415. The molecule has 10 heteroatoms. The van der Waals surface area contributed by atoms with E-state index in [0.717, 1.165) is 4.47 Å². The molecule has 0 saturated carbocycles. The molecule has 0 fully saturated rings. The maximum absolute atomic E-state index is 13.6. The average Bonchev–Trinajstić information content (AvgIpc) is 3.16. The largest absolute Gasteiger partial charge is 0.495 e. The van der Waals surface area contributed by atoms with Gasteiger partial charge in [-0.1, -0.05) is 63.0 Å². The molecule has 0 atom stereocenters. The fourth-order valence-electron chi connectivity index (χ4n) is 3.41. The highest BCUT2D eigenvalue weighted by atomic mass is 79.9. The quantitative estimate of drug-likeness (QED) is 0.144. The van der Waals surface area contributed by atoms with Gasteiger partial charge in [0.25, 0.3) is 10.0 Å². The molecule has 7 nitrogen and oxygen atoms in total. The molecule has 1 aromatic heterocycles. The van der Waals surface area contributed by atoms with Crippen LogP contribution < -0.4 is 4.74 Å². The fourth-order valence-corrected chi connectivity index (χ4v) is 5.53. The Morgan fingerprint density at radius 3 is 2.55 bits per heavy atom. The third kappa shape index (κ3) is 4.49. The van der Waals surface area contributed by atoms with Gasteiger partial charge in [0.15, 0.2) is 0 Å². The summed E-state index contributed by atoms with van der Waals surface area (Å²) in [5.74, 6) is 0.362. The van der Waals surface area contributed by atoms with E-state index >= 15 is 0 Å². The van der Waals surface area contributed by atoms with Crippen molar-refractivity contribution >= 4 is 66.3 Å². The molecule has 0 N–H and O–H groups in total. The lowest BCUT2D eigenvalue weighted by Gasteiger charge is -2.11. The van der Waals surface area contributed by atoms with Crippen molar-refractivity contribution in [2.45, 2.75) is 4.90 Å². The number of aromatic nitrogens is 1. The maximum Gasteiger partial charge on any atom is 0.268 e. The van der Waals surface area contributed by atoms with Gasteiger partial charge in [0.1, 0.15) is 5.75 Å². The smallest absolute Gasteiger partial charge is 0.268 e. The second kappa shape index (κ2) is 9.33. The van der Waals surface area contributed by atoms with Crippen LogP contribution in [-0.2, 0) is 10.0 Å². The minimum atomic E-state index is -3.94. The first-order chi connectivity index (χ1) is 15.8. The third-order valence-electron chi connectivity index (χ3n) is 4.92. The van der Waals surface area contributed by atoms with Crippen molar-refractivity contribution in [3.8, 4) is 5.75 Å². The van der Waals surface area contributed by atoms with Crippen LogP contribution in [0.25, 0.3) is 33.5 Å². The first-order valence-corrected chi connectivity index (χ1v) is 12.2. The zero-order chi connectivity index (χ0) is 23.6. The normalized spacial score (nSPS) is 11.6. The molecule has 3 aromatic carbocycles. The van der Waals surface area contributed by atoms with Crippen molar-refractivity contribution in [1.29, 1.82) is 0 Å². The van der Waals surface area contributed by atoms with Crippen molar-refractivity contribution in [1.82, 2.24) is 3.97 Å². The van der Waals surface area contributed by atoms with Crippen molar-refractivity contribution in [3.63, 3.8) is 0 Å². The highest BCUT2D eigenvalue weighted by Gasteiger charge is 2.23. The van der Waals surface area contributed by atoms with Gasteiger partial charge >= 0.3 is 0 Å². The van der Waals surface area contributed by atoms with Crippen LogP contribution in [0.2, 0.25) is 5.02 Å². The van der Waals surface area contributed by atoms with Crippen LogP contribution in [0.3, 0.4) is 0 Å². The van der Waals surface area contributed by atoms with Crippen LogP contribution in [0.15, 0.2) is 81.2 Å². The Hall–Kier alpha value is -3.23. The Bertz CT molecular complexity index is 1540. The summed E-state index contributed by atoms with van der Waals surface area (Å²) in [6.07, 6.45) is 3.35. The molecule has 33 heavy (non-hydrogen) atoms. The molecule has 0 spiro atoms. The van der Waals surface area contributed by atoms with Gasteiger partial charge in [0.2, 0.25) is 0 Å². The number of hydrogen-bond donors (Lipinski definition) is 0. The monoisotopic (exact) mass is 542 g/mol. The first kappa shape index (κ1) is 22.9. The van der Waals surface area contributed by atoms with Gasteiger partial charge in [-0.2, -0.15) is 0 Å². The molecule has 1 heterocycles. The van der Waals surface area contributed by atoms with E-state index in [1.807, 2.05) is 0 Å². The lowest BCUT2D eigenvalue weighted by Crippen LogP contribution is -2.14. The first-order valence-electron chi connectivity index (χ1n) is 9.57. The Balaban J connectivity index is 1.97. The summed E-state index contributed by atoms with van der Waals surface area (Å²) in [4.78, 5) is 3.01. The number of nitrogens with zero attached hydrogens (tertiary/aromatic N) is 4. The zero-order valence-electron chi connectivity index (χ0n) is 17.2. The van der Waals surface area contributed by atoms with Gasteiger partial charge in [-0.25, -0.2) is 12.4 Å². The van der Waals surface area contributed by atoms with E-state index in [1.54, 1.807) is 66.7 Å². The molecule has 0 aliphatic heterocycles. The maximum atomic E-state index is 13.6.